The fourth-order valence-electron chi connectivity index (χ4n) is 4.15. The molecule has 0 bridgehead atoms. The van der Waals surface area contributed by atoms with Crippen molar-refractivity contribution < 1.29 is 9.53 Å². The highest BCUT2D eigenvalue weighted by molar-refractivity contribution is 5.92. The van der Waals surface area contributed by atoms with Crippen LogP contribution in [-0.4, -0.2) is 31.4 Å². The molecule has 1 heterocycles. The molecule has 0 aliphatic carbocycles. The van der Waals surface area contributed by atoms with Crippen LogP contribution in [0.25, 0.3) is 5.57 Å². The van der Waals surface area contributed by atoms with Crippen molar-refractivity contribution in [3.8, 4) is 0 Å². The number of fused-ring (bicyclic) bond motifs is 1. The minimum Gasteiger partial charge on any atom is -0.465 e. The van der Waals surface area contributed by atoms with Crippen molar-refractivity contribution >= 4 is 29.1 Å². The van der Waals surface area contributed by atoms with Crippen LogP contribution >= 0.6 is 0 Å². The lowest BCUT2D eigenvalue weighted by Crippen LogP contribution is -2.45. The Morgan fingerprint density at radius 2 is 1.86 bits per heavy atom. The van der Waals surface area contributed by atoms with Gasteiger partial charge in [0.25, 0.3) is 0 Å². The van der Waals surface area contributed by atoms with Gasteiger partial charge < -0.3 is 9.64 Å². The van der Waals surface area contributed by atoms with Gasteiger partial charge in [-0.05, 0) is 94.1 Å². The first kappa shape index (κ1) is 20.8. The van der Waals surface area contributed by atoms with Crippen LogP contribution in [0, 0.1) is 13.8 Å². The summed E-state index contributed by atoms with van der Waals surface area (Å²) >= 11 is 0. The first-order valence-corrected chi connectivity index (χ1v) is 10.0. The standard InChI is InChI=1S/C25H30N2O2/c1-8-27-23-12-16(2)20(13-21(23)18(4)14-25(27,5)6)15-26-22-10-9-19(11-17(22)3)24(28)29-7/h9-15H,8H2,1-7H3. The maximum Gasteiger partial charge on any atom is 0.337 e. The second kappa shape index (κ2) is 7.86. The number of esters is 1. The Morgan fingerprint density at radius 3 is 2.48 bits per heavy atom. The molecule has 29 heavy (non-hydrogen) atoms. The Kier molecular flexibility index (Phi) is 5.65. The third-order valence-corrected chi connectivity index (χ3v) is 5.64. The predicted octanol–water partition coefficient (Wildman–Crippen LogP) is 5.86. The molecule has 0 amide bonds. The largest absolute Gasteiger partial charge is 0.465 e. The van der Waals surface area contributed by atoms with E-state index in [1.54, 1.807) is 6.07 Å². The molecule has 2 aromatic carbocycles. The van der Waals surface area contributed by atoms with E-state index in [0.29, 0.717) is 5.56 Å². The summed E-state index contributed by atoms with van der Waals surface area (Å²) in [4.78, 5) is 18.8. The SMILES string of the molecule is CCN1c2cc(C)c(C=Nc3ccc(C(=O)OC)cc3C)cc2C(C)=CC1(C)C. The van der Waals surface area contributed by atoms with Gasteiger partial charge in [-0.15, -0.1) is 0 Å². The normalized spacial score (nSPS) is 15.3. The van der Waals surface area contributed by atoms with Crippen LogP contribution in [0.4, 0.5) is 11.4 Å². The number of ether oxygens (including phenoxy) is 1. The Labute approximate surface area is 173 Å². The number of nitrogens with zero attached hydrogens (tertiary/aromatic N) is 2. The average Bonchev–Trinajstić information content (AvgIpc) is 2.66. The zero-order valence-corrected chi connectivity index (χ0v) is 18.5. The summed E-state index contributed by atoms with van der Waals surface area (Å²) in [5.41, 5.74) is 8.46. The molecule has 0 spiro atoms. The number of benzene rings is 2. The van der Waals surface area contributed by atoms with E-state index < -0.39 is 0 Å². The van der Waals surface area contributed by atoms with Crippen molar-refractivity contribution in [2.45, 2.75) is 47.1 Å². The summed E-state index contributed by atoms with van der Waals surface area (Å²) in [5.74, 6) is -0.333. The van der Waals surface area contributed by atoms with Gasteiger partial charge in [0, 0.05) is 24.0 Å². The number of likely N-dealkylation sites (N-methyl/N-ethyl adjacent to an activating group) is 1. The number of hydrogen-bond acceptors (Lipinski definition) is 4. The summed E-state index contributed by atoms with van der Waals surface area (Å²) in [6.07, 6.45) is 4.25. The highest BCUT2D eigenvalue weighted by Gasteiger charge is 2.30. The highest BCUT2D eigenvalue weighted by atomic mass is 16.5. The molecule has 4 nitrogen and oxygen atoms in total. The van der Waals surface area contributed by atoms with Crippen molar-refractivity contribution in [3.63, 3.8) is 0 Å². The van der Waals surface area contributed by atoms with Crippen molar-refractivity contribution in [3.05, 3.63) is 64.2 Å². The van der Waals surface area contributed by atoms with E-state index in [1.165, 1.54) is 29.5 Å². The minimum absolute atomic E-state index is 0.00632. The molecular formula is C25H30N2O2. The Balaban J connectivity index is 1.98. The fourth-order valence-corrected chi connectivity index (χ4v) is 4.15. The number of allylic oxidation sites excluding steroid dienone is 1. The van der Waals surface area contributed by atoms with Crippen molar-refractivity contribution in [2.75, 3.05) is 18.6 Å². The van der Waals surface area contributed by atoms with Gasteiger partial charge in [0.15, 0.2) is 0 Å². The highest BCUT2D eigenvalue weighted by Crippen LogP contribution is 2.40. The maximum absolute atomic E-state index is 11.7. The molecule has 0 atom stereocenters. The number of methoxy groups -OCH3 is 1. The Hall–Kier alpha value is -2.88. The van der Waals surface area contributed by atoms with E-state index in [4.69, 9.17) is 9.73 Å². The number of aryl methyl sites for hydroxylation is 2. The van der Waals surface area contributed by atoms with Crippen molar-refractivity contribution in [2.24, 2.45) is 4.99 Å². The molecule has 2 aromatic rings. The molecule has 0 saturated heterocycles. The van der Waals surface area contributed by atoms with Gasteiger partial charge in [-0.1, -0.05) is 6.08 Å². The van der Waals surface area contributed by atoms with Gasteiger partial charge in [-0.2, -0.15) is 0 Å². The topological polar surface area (TPSA) is 41.9 Å². The van der Waals surface area contributed by atoms with Gasteiger partial charge in [-0.3, -0.25) is 4.99 Å². The zero-order chi connectivity index (χ0) is 21.3. The number of aliphatic imine (C=N–C) groups is 1. The van der Waals surface area contributed by atoms with E-state index in [9.17, 15) is 4.79 Å². The van der Waals surface area contributed by atoms with E-state index in [0.717, 1.165) is 23.4 Å². The lowest BCUT2D eigenvalue weighted by atomic mass is 9.87. The lowest BCUT2D eigenvalue weighted by molar-refractivity contribution is 0.0600. The Morgan fingerprint density at radius 1 is 1.14 bits per heavy atom. The summed E-state index contributed by atoms with van der Waals surface area (Å²) in [7, 11) is 1.39. The van der Waals surface area contributed by atoms with E-state index in [1.807, 2.05) is 25.3 Å². The molecule has 1 aliphatic rings. The summed E-state index contributed by atoms with van der Waals surface area (Å²) < 4.78 is 4.78. The van der Waals surface area contributed by atoms with E-state index in [2.05, 4.69) is 57.7 Å². The van der Waals surface area contributed by atoms with Crippen molar-refractivity contribution in [1.29, 1.82) is 0 Å². The monoisotopic (exact) mass is 390 g/mol. The van der Waals surface area contributed by atoms with Gasteiger partial charge >= 0.3 is 5.97 Å². The van der Waals surface area contributed by atoms with Crippen LogP contribution in [0.5, 0.6) is 0 Å². The number of hydrogen-bond donors (Lipinski definition) is 0. The summed E-state index contributed by atoms with van der Waals surface area (Å²) in [6.45, 7) is 13.9. The zero-order valence-electron chi connectivity index (χ0n) is 18.5. The summed E-state index contributed by atoms with van der Waals surface area (Å²) in [6, 6.07) is 9.92. The van der Waals surface area contributed by atoms with Crippen LogP contribution in [-0.2, 0) is 4.74 Å². The van der Waals surface area contributed by atoms with Crippen LogP contribution < -0.4 is 4.90 Å². The molecular weight excluding hydrogens is 360 g/mol. The first-order valence-electron chi connectivity index (χ1n) is 10.0. The second-order valence-corrected chi connectivity index (χ2v) is 8.20. The number of carbonyl (C=O) groups is 1. The molecule has 0 fully saturated rings. The fraction of sp³-hybridized carbons (Fsp3) is 0.360. The molecule has 1 aliphatic heterocycles. The number of carbonyl (C=O) groups excluding carboxylic acids is 1. The molecule has 0 saturated carbocycles. The van der Waals surface area contributed by atoms with E-state index in [-0.39, 0.29) is 11.5 Å². The maximum atomic E-state index is 11.7. The lowest BCUT2D eigenvalue weighted by Gasteiger charge is -2.43. The first-order chi connectivity index (χ1) is 13.7. The third kappa shape index (κ3) is 3.98. The predicted molar refractivity (Wildman–Crippen MR) is 122 cm³/mol. The summed E-state index contributed by atoms with van der Waals surface area (Å²) in [5, 5.41) is 0. The van der Waals surface area contributed by atoms with Gasteiger partial charge in [0.05, 0.1) is 23.9 Å². The van der Waals surface area contributed by atoms with Gasteiger partial charge in [0.1, 0.15) is 0 Å². The van der Waals surface area contributed by atoms with Crippen LogP contribution in [0.3, 0.4) is 0 Å². The molecule has 3 rings (SSSR count). The molecule has 0 aromatic heterocycles. The van der Waals surface area contributed by atoms with Gasteiger partial charge in [0.2, 0.25) is 0 Å². The molecule has 152 valence electrons. The smallest absolute Gasteiger partial charge is 0.337 e. The quantitative estimate of drug-likeness (QED) is 0.485. The average molecular weight is 391 g/mol. The third-order valence-electron chi connectivity index (χ3n) is 5.64. The molecule has 4 heteroatoms. The van der Waals surface area contributed by atoms with Gasteiger partial charge in [-0.25, -0.2) is 4.79 Å². The van der Waals surface area contributed by atoms with Crippen LogP contribution in [0.15, 0.2) is 41.4 Å². The molecule has 0 radical (unpaired) electrons. The van der Waals surface area contributed by atoms with Crippen molar-refractivity contribution in [1.82, 2.24) is 0 Å². The van der Waals surface area contributed by atoms with Crippen LogP contribution in [0.1, 0.15) is 60.3 Å². The number of rotatable bonds is 4. The molecule has 0 N–H and O–H groups in total. The Bertz CT molecular complexity index is 1020. The number of anilines is 1. The molecule has 0 unspecified atom stereocenters. The van der Waals surface area contributed by atoms with E-state index >= 15 is 0 Å². The minimum atomic E-state index is -0.333. The second-order valence-electron chi connectivity index (χ2n) is 8.20. The van der Waals surface area contributed by atoms with Crippen LogP contribution in [0.2, 0.25) is 0 Å².